The highest BCUT2D eigenvalue weighted by Gasteiger charge is 2.22. The minimum atomic E-state index is -0.519. The van der Waals surface area contributed by atoms with Crippen molar-refractivity contribution < 1.29 is 13.9 Å². The molecule has 7 heteroatoms. The molecule has 0 spiro atoms. The number of carbonyl (C=O) groups is 1. The van der Waals surface area contributed by atoms with Gasteiger partial charge in [-0.1, -0.05) is 12.1 Å². The molecule has 0 radical (unpaired) electrons. The summed E-state index contributed by atoms with van der Waals surface area (Å²) in [5.41, 5.74) is 1.96. The summed E-state index contributed by atoms with van der Waals surface area (Å²) >= 11 is 0. The van der Waals surface area contributed by atoms with Crippen LogP contribution in [0.2, 0.25) is 0 Å². The zero-order valence-corrected chi connectivity index (χ0v) is 15.4. The van der Waals surface area contributed by atoms with E-state index in [1.807, 2.05) is 29.8 Å². The third kappa shape index (κ3) is 3.34. The number of imidazole rings is 1. The Bertz CT molecular complexity index is 1130. The van der Waals surface area contributed by atoms with E-state index in [1.165, 1.54) is 12.1 Å². The summed E-state index contributed by atoms with van der Waals surface area (Å²) in [4.78, 5) is 20.4. The maximum Gasteiger partial charge on any atom is 0.268 e. The summed E-state index contributed by atoms with van der Waals surface area (Å²) in [6, 6.07) is 12.8. The Balaban J connectivity index is 1.67. The molecule has 1 amide bonds. The molecule has 2 aromatic heterocycles. The zero-order chi connectivity index (χ0) is 19.7. The van der Waals surface area contributed by atoms with Gasteiger partial charge in [0.25, 0.3) is 5.91 Å². The largest absolute Gasteiger partial charge is 0.497 e. The van der Waals surface area contributed by atoms with Crippen LogP contribution in [-0.4, -0.2) is 27.6 Å². The Morgan fingerprint density at radius 3 is 2.68 bits per heavy atom. The molecule has 1 atom stereocenters. The van der Waals surface area contributed by atoms with E-state index in [0.717, 1.165) is 16.5 Å². The highest BCUT2D eigenvalue weighted by atomic mass is 19.1. The molecule has 0 aliphatic rings. The SMILES string of the molecule is COc1ccc2cc(C(=O)N[C@H](c3ccc(F)cc3)c3nccn3C)[nH]c2c1. The Hall–Kier alpha value is -3.61. The van der Waals surface area contributed by atoms with Crippen molar-refractivity contribution in [3.63, 3.8) is 0 Å². The normalized spacial score (nSPS) is 12.1. The fourth-order valence-corrected chi connectivity index (χ4v) is 3.17. The highest BCUT2D eigenvalue weighted by molar-refractivity contribution is 5.98. The third-order valence-electron chi connectivity index (χ3n) is 4.67. The monoisotopic (exact) mass is 378 g/mol. The number of halogens is 1. The lowest BCUT2D eigenvalue weighted by atomic mass is 10.1. The first-order valence-corrected chi connectivity index (χ1v) is 8.75. The van der Waals surface area contributed by atoms with Crippen LogP contribution in [0.1, 0.15) is 27.9 Å². The number of amides is 1. The molecule has 4 aromatic rings. The minimum Gasteiger partial charge on any atom is -0.497 e. The first-order valence-electron chi connectivity index (χ1n) is 8.75. The lowest BCUT2D eigenvalue weighted by molar-refractivity contribution is 0.0937. The topological polar surface area (TPSA) is 71.9 Å². The Labute approximate surface area is 161 Å². The number of nitrogens with zero attached hydrogens (tertiary/aromatic N) is 2. The summed E-state index contributed by atoms with van der Waals surface area (Å²) in [6.45, 7) is 0. The number of fused-ring (bicyclic) bond motifs is 1. The third-order valence-corrected chi connectivity index (χ3v) is 4.67. The molecule has 2 aromatic carbocycles. The van der Waals surface area contributed by atoms with Gasteiger partial charge in [-0.05, 0) is 35.9 Å². The van der Waals surface area contributed by atoms with Gasteiger partial charge in [-0.25, -0.2) is 9.37 Å². The Morgan fingerprint density at radius 2 is 2.00 bits per heavy atom. The molecule has 4 rings (SSSR count). The molecule has 2 N–H and O–H groups in total. The maximum absolute atomic E-state index is 13.4. The molecule has 6 nitrogen and oxygen atoms in total. The second-order valence-corrected chi connectivity index (χ2v) is 6.49. The lowest BCUT2D eigenvalue weighted by Crippen LogP contribution is -2.31. The van der Waals surface area contributed by atoms with Crippen LogP contribution in [-0.2, 0) is 7.05 Å². The first kappa shape index (κ1) is 17.8. The summed E-state index contributed by atoms with van der Waals surface area (Å²) in [7, 11) is 3.44. The van der Waals surface area contributed by atoms with Gasteiger partial charge in [0.1, 0.15) is 29.1 Å². The van der Waals surface area contributed by atoms with E-state index in [0.29, 0.717) is 17.3 Å². The highest BCUT2D eigenvalue weighted by Crippen LogP contribution is 2.24. The van der Waals surface area contributed by atoms with E-state index in [2.05, 4.69) is 15.3 Å². The van der Waals surface area contributed by atoms with Gasteiger partial charge in [-0.15, -0.1) is 0 Å². The second kappa shape index (κ2) is 7.19. The molecule has 0 saturated heterocycles. The van der Waals surface area contributed by atoms with Crippen molar-refractivity contribution in [1.29, 1.82) is 0 Å². The number of aryl methyl sites for hydroxylation is 1. The van der Waals surface area contributed by atoms with Crippen molar-refractivity contribution in [3.8, 4) is 5.75 Å². The van der Waals surface area contributed by atoms with Gasteiger partial charge in [-0.3, -0.25) is 4.79 Å². The summed E-state index contributed by atoms with van der Waals surface area (Å²) in [5.74, 6) is 0.738. The number of rotatable bonds is 5. The van der Waals surface area contributed by atoms with Crippen molar-refractivity contribution in [3.05, 3.63) is 83.8 Å². The predicted molar refractivity (Wildman–Crippen MR) is 104 cm³/mol. The Kier molecular flexibility index (Phi) is 4.57. The zero-order valence-electron chi connectivity index (χ0n) is 15.4. The van der Waals surface area contributed by atoms with Crippen LogP contribution >= 0.6 is 0 Å². The lowest BCUT2D eigenvalue weighted by Gasteiger charge is -2.19. The van der Waals surface area contributed by atoms with Crippen molar-refractivity contribution in [2.75, 3.05) is 7.11 Å². The molecule has 0 aliphatic carbocycles. The average Bonchev–Trinajstić information content (AvgIpc) is 3.32. The van der Waals surface area contributed by atoms with Gasteiger partial charge in [0.05, 0.1) is 7.11 Å². The molecule has 2 heterocycles. The fraction of sp³-hybridized carbons (Fsp3) is 0.143. The smallest absolute Gasteiger partial charge is 0.268 e. The van der Waals surface area contributed by atoms with Gasteiger partial charge < -0.3 is 19.6 Å². The van der Waals surface area contributed by atoms with Crippen molar-refractivity contribution in [1.82, 2.24) is 19.9 Å². The Morgan fingerprint density at radius 1 is 1.21 bits per heavy atom. The second-order valence-electron chi connectivity index (χ2n) is 6.49. The number of carbonyl (C=O) groups excluding carboxylic acids is 1. The van der Waals surface area contributed by atoms with Crippen LogP contribution in [0.25, 0.3) is 10.9 Å². The molecule has 0 unspecified atom stereocenters. The summed E-state index contributed by atoms with van der Waals surface area (Å²) in [5, 5.41) is 3.90. The molecule has 0 aliphatic heterocycles. The predicted octanol–water partition coefficient (Wildman–Crippen LogP) is 3.57. The van der Waals surface area contributed by atoms with Crippen molar-refractivity contribution in [2.45, 2.75) is 6.04 Å². The van der Waals surface area contributed by atoms with Crippen LogP contribution < -0.4 is 10.1 Å². The van der Waals surface area contributed by atoms with E-state index < -0.39 is 6.04 Å². The van der Waals surface area contributed by atoms with Crippen LogP contribution in [0, 0.1) is 5.82 Å². The van der Waals surface area contributed by atoms with E-state index in [-0.39, 0.29) is 11.7 Å². The van der Waals surface area contributed by atoms with Crippen LogP contribution in [0.3, 0.4) is 0 Å². The van der Waals surface area contributed by atoms with E-state index >= 15 is 0 Å². The number of nitrogens with one attached hydrogen (secondary N) is 2. The van der Waals surface area contributed by atoms with E-state index in [1.54, 1.807) is 37.7 Å². The number of H-pyrrole nitrogens is 1. The molecule has 0 bridgehead atoms. The quantitative estimate of drug-likeness (QED) is 0.558. The van der Waals surface area contributed by atoms with Gasteiger partial charge >= 0.3 is 0 Å². The van der Waals surface area contributed by atoms with Gasteiger partial charge in [0.15, 0.2) is 0 Å². The molecular weight excluding hydrogens is 359 g/mol. The number of hydrogen-bond donors (Lipinski definition) is 2. The van der Waals surface area contributed by atoms with Crippen LogP contribution in [0.4, 0.5) is 4.39 Å². The molecule has 28 heavy (non-hydrogen) atoms. The van der Waals surface area contributed by atoms with Gasteiger partial charge in [0.2, 0.25) is 0 Å². The number of ether oxygens (including phenoxy) is 1. The average molecular weight is 378 g/mol. The number of benzene rings is 2. The maximum atomic E-state index is 13.4. The fourth-order valence-electron chi connectivity index (χ4n) is 3.17. The minimum absolute atomic E-state index is 0.285. The van der Waals surface area contributed by atoms with Gasteiger partial charge in [-0.2, -0.15) is 0 Å². The van der Waals surface area contributed by atoms with Gasteiger partial charge in [0, 0.05) is 36.4 Å². The summed E-state index contributed by atoms with van der Waals surface area (Å²) in [6.07, 6.45) is 3.46. The number of methoxy groups -OCH3 is 1. The van der Waals surface area contributed by atoms with E-state index in [9.17, 15) is 9.18 Å². The van der Waals surface area contributed by atoms with Crippen molar-refractivity contribution >= 4 is 16.8 Å². The molecule has 0 fully saturated rings. The standard InChI is InChI=1S/C21H19FN4O2/c1-26-10-9-23-20(26)19(13-3-6-15(22)7-4-13)25-21(27)18-11-14-5-8-16(28-2)12-17(14)24-18/h3-12,19,24H,1-2H3,(H,25,27)/t19-/m1/s1. The van der Waals surface area contributed by atoms with Crippen molar-refractivity contribution in [2.24, 2.45) is 7.05 Å². The summed E-state index contributed by atoms with van der Waals surface area (Å²) < 4.78 is 20.4. The van der Waals surface area contributed by atoms with Crippen LogP contribution in [0.15, 0.2) is 60.9 Å². The first-order chi connectivity index (χ1) is 13.5. The molecular formula is C21H19FN4O2. The molecule has 0 saturated carbocycles. The number of hydrogen-bond acceptors (Lipinski definition) is 3. The van der Waals surface area contributed by atoms with Crippen LogP contribution in [0.5, 0.6) is 5.75 Å². The number of aromatic amines is 1. The molecule has 142 valence electrons. The number of aromatic nitrogens is 3. The van der Waals surface area contributed by atoms with E-state index in [4.69, 9.17) is 4.74 Å².